The van der Waals surface area contributed by atoms with E-state index in [1.54, 1.807) is 0 Å². The van der Waals surface area contributed by atoms with Crippen molar-refractivity contribution in [1.82, 2.24) is 4.48 Å². The van der Waals surface area contributed by atoms with E-state index in [0.717, 1.165) is 23.4 Å². The molecule has 3 nitrogen and oxygen atoms in total. The number of fused-ring (bicyclic) bond motifs is 1. The van der Waals surface area contributed by atoms with Crippen molar-refractivity contribution in [2.75, 3.05) is 7.05 Å². The summed E-state index contributed by atoms with van der Waals surface area (Å²) >= 11 is 0. The molecular weight excluding hydrogens is 212 g/mol. The van der Waals surface area contributed by atoms with Crippen molar-refractivity contribution < 1.29 is 4.79 Å². The Bertz CT molecular complexity index is 552. The highest BCUT2D eigenvalue weighted by atomic mass is 16.1. The minimum Gasteiger partial charge on any atom is -0.233 e. The van der Waals surface area contributed by atoms with Crippen LogP contribution in [0.2, 0.25) is 0 Å². The number of hydrogen-bond acceptors (Lipinski definition) is 2. The fourth-order valence-corrected chi connectivity index (χ4v) is 2.74. The van der Waals surface area contributed by atoms with E-state index in [1.165, 1.54) is 6.08 Å². The lowest BCUT2D eigenvalue weighted by Gasteiger charge is -2.26. The molecule has 1 unspecified atom stereocenters. The van der Waals surface area contributed by atoms with E-state index in [2.05, 4.69) is 6.07 Å². The lowest BCUT2D eigenvalue weighted by atomic mass is 9.84. The van der Waals surface area contributed by atoms with Crippen LogP contribution in [0.4, 0.5) is 5.69 Å². The van der Waals surface area contributed by atoms with Crippen LogP contribution in [0.3, 0.4) is 0 Å². The van der Waals surface area contributed by atoms with Crippen LogP contribution in [-0.2, 0) is 10.2 Å². The Morgan fingerprint density at radius 2 is 2.00 bits per heavy atom. The molecule has 0 radical (unpaired) electrons. The van der Waals surface area contributed by atoms with Crippen molar-refractivity contribution in [3.05, 3.63) is 41.6 Å². The van der Waals surface area contributed by atoms with Crippen molar-refractivity contribution in [2.24, 2.45) is 0 Å². The summed E-state index contributed by atoms with van der Waals surface area (Å²) in [6, 6.07) is 9.91. The van der Waals surface area contributed by atoms with E-state index in [-0.39, 0.29) is 9.90 Å². The molecule has 0 saturated carbocycles. The standard InChI is InChI=1S/C14H15N2O/c1-14(2)11-6-4-5-7-12(11)16(3,10-17)13(14)8-9-15/h4-8,10H,1-3H3/q+1. The minimum atomic E-state index is -0.290. The third kappa shape index (κ3) is 1.35. The van der Waals surface area contributed by atoms with Gasteiger partial charge in [-0.15, -0.1) is 0 Å². The van der Waals surface area contributed by atoms with E-state index in [9.17, 15) is 4.79 Å². The topological polar surface area (TPSA) is 40.9 Å². The van der Waals surface area contributed by atoms with Crippen molar-refractivity contribution >= 4 is 12.1 Å². The van der Waals surface area contributed by atoms with E-state index >= 15 is 0 Å². The molecule has 0 bridgehead atoms. The van der Waals surface area contributed by atoms with Crippen LogP contribution < -0.4 is 4.48 Å². The molecule has 1 atom stereocenters. The molecule has 17 heavy (non-hydrogen) atoms. The number of likely N-dealkylation sites (N-methyl/N-ethyl adjacent to an activating group) is 1. The Hall–Kier alpha value is -1.92. The van der Waals surface area contributed by atoms with Crippen molar-refractivity contribution in [3.8, 4) is 6.07 Å². The van der Waals surface area contributed by atoms with Crippen LogP contribution in [0.5, 0.6) is 0 Å². The van der Waals surface area contributed by atoms with Crippen LogP contribution >= 0.6 is 0 Å². The second kappa shape index (κ2) is 3.54. The molecular formula is C14H15N2O+. The monoisotopic (exact) mass is 227 g/mol. The third-order valence-electron chi connectivity index (χ3n) is 3.63. The maximum Gasteiger partial charge on any atom is 0.311 e. The number of hydrogen-bond donors (Lipinski definition) is 0. The molecule has 1 amide bonds. The summed E-state index contributed by atoms with van der Waals surface area (Å²) in [7, 11) is 1.82. The Morgan fingerprint density at radius 3 is 2.59 bits per heavy atom. The number of carbonyl (C=O) groups is 1. The lowest BCUT2D eigenvalue weighted by Crippen LogP contribution is -2.42. The molecule has 0 spiro atoms. The largest absolute Gasteiger partial charge is 0.311 e. The average molecular weight is 227 g/mol. The molecule has 1 aliphatic rings. The first-order valence-corrected chi connectivity index (χ1v) is 5.52. The maximum atomic E-state index is 11.5. The number of rotatable bonds is 1. The molecule has 0 aliphatic carbocycles. The van der Waals surface area contributed by atoms with Crippen molar-refractivity contribution in [2.45, 2.75) is 19.3 Å². The second-order valence-electron chi connectivity index (χ2n) is 4.98. The number of allylic oxidation sites excluding steroid dienone is 2. The zero-order valence-corrected chi connectivity index (χ0v) is 10.3. The molecule has 2 rings (SSSR count). The highest BCUT2D eigenvalue weighted by Crippen LogP contribution is 2.50. The van der Waals surface area contributed by atoms with Gasteiger partial charge in [0, 0.05) is 11.6 Å². The molecule has 1 aromatic carbocycles. The first kappa shape index (κ1) is 11.6. The molecule has 0 aromatic heterocycles. The minimum absolute atomic E-state index is 0.0662. The van der Waals surface area contributed by atoms with Gasteiger partial charge in [-0.3, -0.25) is 0 Å². The summed E-state index contributed by atoms with van der Waals surface area (Å²) in [5, 5.41) is 8.91. The van der Waals surface area contributed by atoms with Crippen LogP contribution in [0, 0.1) is 11.3 Å². The fraction of sp³-hybridized carbons (Fsp3) is 0.286. The summed E-state index contributed by atoms with van der Waals surface area (Å²) in [6.07, 6.45) is 2.38. The average Bonchev–Trinajstić information content (AvgIpc) is 2.50. The smallest absolute Gasteiger partial charge is 0.233 e. The number of benzene rings is 1. The Labute approximate surface area is 101 Å². The Morgan fingerprint density at radius 1 is 1.35 bits per heavy atom. The number of para-hydroxylation sites is 1. The third-order valence-corrected chi connectivity index (χ3v) is 3.63. The SMILES string of the molecule is CC1(C)C(=CC#N)[N+](C)(C=O)c2ccccc21. The van der Waals surface area contributed by atoms with E-state index in [4.69, 9.17) is 5.26 Å². The lowest BCUT2D eigenvalue weighted by molar-refractivity contribution is -0.115. The normalized spacial score (nSPS) is 27.5. The summed E-state index contributed by atoms with van der Waals surface area (Å²) in [4.78, 5) is 11.5. The van der Waals surface area contributed by atoms with E-state index in [1.807, 2.05) is 45.2 Å². The van der Waals surface area contributed by atoms with Gasteiger partial charge < -0.3 is 0 Å². The van der Waals surface area contributed by atoms with Crippen LogP contribution in [0.1, 0.15) is 19.4 Å². The number of carbonyl (C=O) groups excluding carboxylic acids is 1. The van der Waals surface area contributed by atoms with Gasteiger partial charge >= 0.3 is 6.41 Å². The molecule has 0 fully saturated rings. The highest BCUT2D eigenvalue weighted by Gasteiger charge is 2.51. The van der Waals surface area contributed by atoms with Gasteiger partial charge in [0.15, 0.2) is 0 Å². The first-order valence-electron chi connectivity index (χ1n) is 5.52. The predicted octanol–water partition coefficient (Wildman–Crippen LogP) is 2.48. The number of quaternary nitrogens is 1. The first-order chi connectivity index (χ1) is 7.98. The molecule has 1 aromatic rings. The van der Waals surface area contributed by atoms with Crippen molar-refractivity contribution in [3.63, 3.8) is 0 Å². The van der Waals surface area contributed by atoms with Gasteiger partial charge in [0.05, 0.1) is 24.6 Å². The molecule has 0 saturated heterocycles. The fourth-order valence-electron chi connectivity index (χ4n) is 2.74. The van der Waals surface area contributed by atoms with Gasteiger partial charge in [0.25, 0.3) is 0 Å². The molecule has 1 aliphatic heterocycles. The van der Waals surface area contributed by atoms with Gasteiger partial charge in [0.2, 0.25) is 0 Å². The molecule has 3 heteroatoms. The number of nitrogens with zero attached hydrogens (tertiary/aromatic N) is 2. The number of nitriles is 1. The molecule has 0 N–H and O–H groups in total. The zero-order chi connectivity index (χ0) is 12.7. The van der Waals surface area contributed by atoms with Gasteiger partial charge in [0.1, 0.15) is 11.4 Å². The summed E-state index contributed by atoms with van der Waals surface area (Å²) in [6.45, 7) is 4.09. The van der Waals surface area contributed by atoms with Gasteiger partial charge in [-0.05, 0) is 13.8 Å². The summed E-state index contributed by atoms with van der Waals surface area (Å²) < 4.78 is 0.0662. The van der Waals surface area contributed by atoms with E-state index in [0.29, 0.717) is 0 Å². The van der Waals surface area contributed by atoms with E-state index < -0.39 is 0 Å². The van der Waals surface area contributed by atoms with Crippen LogP contribution in [0.25, 0.3) is 0 Å². The Kier molecular flexibility index (Phi) is 2.41. The predicted molar refractivity (Wildman–Crippen MR) is 66.9 cm³/mol. The summed E-state index contributed by atoms with van der Waals surface area (Å²) in [5.74, 6) is 0. The highest BCUT2D eigenvalue weighted by molar-refractivity contribution is 5.82. The van der Waals surface area contributed by atoms with Gasteiger partial charge in [-0.2, -0.15) is 5.26 Å². The van der Waals surface area contributed by atoms with Gasteiger partial charge in [-0.1, -0.05) is 18.2 Å². The van der Waals surface area contributed by atoms with Crippen LogP contribution in [0.15, 0.2) is 36.0 Å². The quantitative estimate of drug-likeness (QED) is 0.420. The second-order valence-corrected chi connectivity index (χ2v) is 4.98. The van der Waals surface area contributed by atoms with Gasteiger partial charge in [-0.25, -0.2) is 9.28 Å². The zero-order valence-electron chi connectivity index (χ0n) is 10.3. The van der Waals surface area contributed by atoms with Crippen molar-refractivity contribution in [1.29, 1.82) is 5.26 Å². The molecule has 86 valence electrons. The molecule has 1 heterocycles. The Balaban J connectivity index is 2.82. The number of amides is 1. The maximum absolute atomic E-state index is 11.5. The van der Waals surface area contributed by atoms with Crippen LogP contribution in [-0.4, -0.2) is 13.5 Å². The summed E-state index contributed by atoms with van der Waals surface area (Å²) in [5.41, 5.74) is 2.59.